The molecule has 0 aliphatic carbocycles. The monoisotopic (exact) mass is 1060 g/mol. The maximum absolute atomic E-state index is 12.9. The van der Waals surface area contributed by atoms with E-state index < -0.39 is 6.10 Å². The molecule has 0 aromatic heterocycles. The first kappa shape index (κ1) is 73.4. The predicted molar refractivity (Wildman–Crippen MR) is 330 cm³/mol. The fourth-order valence-electron chi connectivity index (χ4n) is 9.99. The summed E-state index contributed by atoms with van der Waals surface area (Å²) < 4.78 is 16.9. The lowest BCUT2D eigenvalue weighted by atomic mass is 10.0. The van der Waals surface area contributed by atoms with Gasteiger partial charge in [0.25, 0.3) is 0 Å². The number of carbonyl (C=O) groups excluding carboxylic acids is 3. The van der Waals surface area contributed by atoms with Crippen LogP contribution in [0.25, 0.3) is 0 Å². The SMILES string of the molecule is CCC/C=C\C/C=C\CCCCCCCC(=O)OCC(COC(=O)CCCCCCCCCCCCCCCCCCCCCCCCCCCCC)OC(=O)CCCCCCCCC/C=C\C/C=C\CCCCCC. The lowest BCUT2D eigenvalue weighted by molar-refractivity contribution is -0.167. The maximum Gasteiger partial charge on any atom is 0.306 e. The Hall–Kier alpha value is -2.63. The molecule has 6 nitrogen and oxygen atoms in total. The van der Waals surface area contributed by atoms with E-state index in [9.17, 15) is 14.4 Å². The van der Waals surface area contributed by atoms with E-state index in [0.717, 1.165) is 96.3 Å². The fraction of sp³-hybridized carbons (Fsp3) is 0.843. The highest BCUT2D eigenvalue weighted by molar-refractivity contribution is 5.71. The standard InChI is InChI=1S/C70H128O6/c1-4-7-10-13-16-19-22-25-27-29-31-32-33-34-35-36-37-38-39-41-42-45-48-51-54-57-60-63-69(72)75-66-67(65-74-68(71)62-59-56-53-50-47-44-24-21-18-15-12-9-6-3)76-70(73)64-61-58-55-52-49-46-43-40-30-28-26-23-20-17-14-11-8-5-2/h12,15,20-21,23-24,28,30,67H,4-11,13-14,16-19,22,25-27,29,31-66H2,1-3H3/b15-12-,23-20-,24-21-,30-28-. The summed E-state index contributed by atoms with van der Waals surface area (Å²) in [5, 5.41) is 0. The summed E-state index contributed by atoms with van der Waals surface area (Å²) in [6.45, 7) is 6.60. The van der Waals surface area contributed by atoms with E-state index in [2.05, 4.69) is 69.4 Å². The van der Waals surface area contributed by atoms with Crippen LogP contribution in [0, 0.1) is 0 Å². The Morgan fingerprint density at radius 2 is 0.500 bits per heavy atom. The minimum absolute atomic E-state index is 0.0775. The Kier molecular flexibility index (Phi) is 62.6. The van der Waals surface area contributed by atoms with Crippen molar-refractivity contribution >= 4 is 17.9 Å². The van der Waals surface area contributed by atoms with E-state index in [1.54, 1.807) is 0 Å². The minimum Gasteiger partial charge on any atom is -0.462 e. The Labute approximate surface area is 473 Å². The predicted octanol–water partition coefficient (Wildman–Crippen LogP) is 22.9. The van der Waals surface area contributed by atoms with Crippen LogP contribution in [0.15, 0.2) is 48.6 Å². The van der Waals surface area contributed by atoms with Gasteiger partial charge in [-0.15, -0.1) is 0 Å². The van der Waals surface area contributed by atoms with E-state index in [4.69, 9.17) is 14.2 Å². The Morgan fingerprint density at radius 3 is 0.789 bits per heavy atom. The molecule has 0 amide bonds. The Morgan fingerprint density at radius 1 is 0.263 bits per heavy atom. The summed E-state index contributed by atoms with van der Waals surface area (Å²) in [6.07, 6.45) is 81.4. The van der Waals surface area contributed by atoms with Crippen LogP contribution in [0.3, 0.4) is 0 Å². The van der Waals surface area contributed by atoms with Crippen LogP contribution >= 0.6 is 0 Å². The van der Waals surface area contributed by atoms with E-state index in [1.165, 1.54) is 225 Å². The topological polar surface area (TPSA) is 78.9 Å². The minimum atomic E-state index is -0.782. The van der Waals surface area contributed by atoms with E-state index >= 15 is 0 Å². The first-order valence-electron chi connectivity index (χ1n) is 33.6. The quantitative estimate of drug-likeness (QED) is 0.0261. The fourth-order valence-corrected chi connectivity index (χ4v) is 9.99. The van der Waals surface area contributed by atoms with Gasteiger partial charge in [0.15, 0.2) is 6.10 Å². The molecule has 6 heteroatoms. The van der Waals surface area contributed by atoms with Crippen molar-refractivity contribution in [2.45, 2.75) is 367 Å². The van der Waals surface area contributed by atoms with Crippen LogP contribution in [-0.2, 0) is 28.6 Å². The second-order valence-electron chi connectivity index (χ2n) is 22.7. The van der Waals surface area contributed by atoms with E-state index in [-0.39, 0.29) is 31.1 Å². The number of unbranched alkanes of at least 4 members (excludes halogenated alkanes) is 43. The number of carbonyl (C=O) groups is 3. The molecule has 444 valence electrons. The van der Waals surface area contributed by atoms with Gasteiger partial charge in [0.1, 0.15) is 13.2 Å². The summed E-state index contributed by atoms with van der Waals surface area (Å²) in [5.74, 6) is -0.879. The average molecular weight is 1070 g/mol. The molecule has 0 aromatic carbocycles. The lowest BCUT2D eigenvalue weighted by Gasteiger charge is -2.18. The highest BCUT2D eigenvalue weighted by Gasteiger charge is 2.19. The molecule has 0 radical (unpaired) electrons. The second kappa shape index (κ2) is 64.9. The van der Waals surface area contributed by atoms with Gasteiger partial charge in [-0.05, 0) is 77.0 Å². The summed E-state index contributed by atoms with van der Waals surface area (Å²) >= 11 is 0. The molecule has 76 heavy (non-hydrogen) atoms. The Bertz CT molecular complexity index is 1310. The van der Waals surface area contributed by atoms with Gasteiger partial charge < -0.3 is 14.2 Å². The van der Waals surface area contributed by atoms with Crippen LogP contribution in [-0.4, -0.2) is 37.2 Å². The van der Waals surface area contributed by atoms with Crippen molar-refractivity contribution in [2.24, 2.45) is 0 Å². The Balaban J connectivity index is 4.22. The van der Waals surface area contributed by atoms with Crippen LogP contribution in [0.1, 0.15) is 361 Å². The molecule has 0 saturated carbocycles. The molecule has 1 atom stereocenters. The van der Waals surface area contributed by atoms with Crippen molar-refractivity contribution in [3.63, 3.8) is 0 Å². The molecule has 0 spiro atoms. The largest absolute Gasteiger partial charge is 0.462 e. The van der Waals surface area contributed by atoms with Crippen LogP contribution in [0.5, 0.6) is 0 Å². The smallest absolute Gasteiger partial charge is 0.306 e. The highest BCUT2D eigenvalue weighted by Crippen LogP contribution is 2.18. The number of ether oxygens (including phenoxy) is 3. The van der Waals surface area contributed by atoms with Gasteiger partial charge in [0.05, 0.1) is 0 Å². The number of esters is 3. The third kappa shape index (κ3) is 62.2. The molecule has 0 bridgehead atoms. The van der Waals surface area contributed by atoms with Crippen molar-refractivity contribution < 1.29 is 28.6 Å². The molecule has 0 N–H and O–H groups in total. The zero-order valence-corrected chi connectivity index (χ0v) is 51.0. The van der Waals surface area contributed by atoms with E-state index in [1.807, 2.05) is 0 Å². The molecule has 0 aliphatic rings. The number of rotatable bonds is 62. The molecule has 1 unspecified atom stereocenters. The lowest BCUT2D eigenvalue weighted by Crippen LogP contribution is -2.30. The first-order chi connectivity index (χ1) is 37.5. The van der Waals surface area contributed by atoms with Gasteiger partial charge in [-0.25, -0.2) is 0 Å². The summed E-state index contributed by atoms with van der Waals surface area (Å²) in [6, 6.07) is 0. The molecule has 0 fully saturated rings. The summed E-state index contributed by atoms with van der Waals surface area (Å²) in [5.41, 5.74) is 0. The zero-order valence-electron chi connectivity index (χ0n) is 51.0. The zero-order chi connectivity index (χ0) is 55.0. The number of allylic oxidation sites excluding steroid dienone is 8. The van der Waals surface area contributed by atoms with Crippen LogP contribution in [0.2, 0.25) is 0 Å². The first-order valence-corrected chi connectivity index (χ1v) is 33.6. The number of hydrogen-bond donors (Lipinski definition) is 0. The molecule has 0 aliphatic heterocycles. The number of hydrogen-bond acceptors (Lipinski definition) is 6. The molecule has 0 saturated heterocycles. The van der Waals surface area contributed by atoms with Gasteiger partial charge in [-0.1, -0.05) is 313 Å². The van der Waals surface area contributed by atoms with Gasteiger partial charge >= 0.3 is 17.9 Å². The summed E-state index contributed by atoms with van der Waals surface area (Å²) in [7, 11) is 0. The van der Waals surface area contributed by atoms with Gasteiger partial charge in [0, 0.05) is 19.3 Å². The van der Waals surface area contributed by atoms with E-state index in [0.29, 0.717) is 19.3 Å². The molecule has 0 heterocycles. The van der Waals surface area contributed by atoms with Gasteiger partial charge in [-0.2, -0.15) is 0 Å². The average Bonchev–Trinajstić information content (AvgIpc) is 3.42. The van der Waals surface area contributed by atoms with Crippen molar-refractivity contribution in [1.29, 1.82) is 0 Å². The molecule has 0 aromatic rings. The molecular weight excluding hydrogens is 937 g/mol. The highest BCUT2D eigenvalue weighted by atomic mass is 16.6. The van der Waals surface area contributed by atoms with Crippen molar-refractivity contribution in [3.05, 3.63) is 48.6 Å². The van der Waals surface area contributed by atoms with Crippen molar-refractivity contribution in [2.75, 3.05) is 13.2 Å². The van der Waals surface area contributed by atoms with Crippen molar-refractivity contribution in [3.8, 4) is 0 Å². The third-order valence-corrected chi connectivity index (χ3v) is 15.0. The van der Waals surface area contributed by atoms with Gasteiger partial charge in [0.2, 0.25) is 0 Å². The summed E-state index contributed by atoms with van der Waals surface area (Å²) in [4.78, 5) is 38.3. The van der Waals surface area contributed by atoms with Gasteiger partial charge in [-0.3, -0.25) is 14.4 Å². The third-order valence-electron chi connectivity index (χ3n) is 15.0. The normalized spacial score (nSPS) is 12.3. The van der Waals surface area contributed by atoms with Crippen LogP contribution in [0.4, 0.5) is 0 Å². The maximum atomic E-state index is 12.9. The second-order valence-corrected chi connectivity index (χ2v) is 22.7. The van der Waals surface area contributed by atoms with Crippen molar-refractivity contribution in [1.82, 2.24) is 0 Å². The molecular formula is C70H128O6. The van der Waals surface area contributed by atoms with Crippen LogP contribution < -0.4 is 0 Å². The molecule has 0 rings (SSSR count).